The Balaban J connectivity index is 0.00000595. The van der Waals surface area contributed by atoms with E-state index in [0.717, 1.165) is 39.1 Å². The fourth-order valence-electron chi connectivity index (χ4n) is 9.43. The number of carbonyl (C=O) groups is 6. The van der Waals surface area contributed by atoms with Crippen molar-refractivity contribution in [3.8, 4) is 0 Å². The Hall–Kier alpha value is -6.63. The van der Waals surface area contributed by atoms with Crippen LogP contribution < -0.4 is 31.7 Å². The van der Waals surface area contributed by atoms with Crippen LogP contribution in [0.15, 0.2) is 61.2 Å². The van der Waals surface area contributed by atoms with Crippen molar-refractivity contribution in [1.29, 1.82) is 0 Å². The summed E-state index contributed by atoms with van der Waals surface area (Å²) in [6.45, 7) is 5.42. The molecule has 0 radical (unpaired) electrons. The number of rotatable bonds is 12. The number of nitrogens with zero attached hydrogens (tertiary/aromatic N) is 8. The molecule has 4 aliphatic heterocycles. The number of piperidine rings is 2. The molecule has 0 aliphatic carbocycles. The van der Waals surface area contributed by atoms with E-state index in [-0.39, 0.29) is 42.8 Å². The van der Waals surface area contributed by atoms with Crippen LogP contribution in [0.2, 0.25) is 0 Å². The SMILES string of the molecule is Cc1cc(C[C@@H](NC(=O)N2CCC(N3C(=O)Cc4ncccc43)CC2)C(=O)N[C@@H](CC2CCN(C(=O)CC(=O)[O-])CC2)C(=O)N2CCN(c3ccncc3)CC2)cc2cn[nH]c12.[NH4+]. The number of carboxylic acid groups (broad SMARTS) is 1. The van der Waals surface area contributed by atoms with E-state index in [4.69, 9.17) is 0 Å². The molecule has 6 amide bonds. The number of piperazine rings is 1. The highest BCUT2D eigenvalue weighted by Crippen LogP contribution is 2.32. The number of pyridine rings is 2. The maximum absolute atomic E-state index is 14.7. The molecule has 334 valence electrons. The molecular formula is C44H56N12O7. The van der Waals surface area contributed by atoms with E-state index < -0.39 is 42.3 Å². The summed E-state index contributed by atoms with van der Waals surface area (Å²) in [6.07, 6.45) is 9.06. The third-order valence-electron chi connectivity index (χ3n) is 12.8. The van der Waals surface area contributed by atoms with E-state index in [2.05, 4.69) is 35.7 Å². The fraction of sp³-hybridized carbons (Fsp3) is 0.477. The van der Waals surface area contributed by atoms with Gasteiger partial charge in [-0.2, -0.15) is 5.10 Å². The van der Waals surface area contributed by atoms with Gasteiger partial charge in [-0.3, -0.25) is 34.2 Å². The number of aryl methyl sites for hydroxylation is 1. The summed E-state index contributed by atoms with van der Waals surface area (Å²) in [5.74, 6) is -2.70. The van der Waals surface area contributed by atoms with Gasteiger partial charge in [-0.15, -0.1) is 0 Å². The smallest absolute Gasteiger partial charge is 0.318 e. The van der Waals surface area contributed by atoms with Crippen molar-refractivity contribution in [2.24, 2.45) is 5.92 Å². The van der Waals surface area contributed by atoms with E-state index in [0.29, 0.717) is 84.5 Å². The molecule has 1 aromatic carbocycles. The van der Waals surface area contributed by atoms with Gasteiger partial charge in [0.25, 0.3) is 0 Å². The second-order valence-corrected chi connectivity index (χ2v) is 16.8. The molecule has 2 atom stereocenters. The minimum absolute atomic E-state index is 0. The van der Waals surface area contributed by atoms with Crippen molar-refractivity contribution in [2.75, 3.05) is 62.2 Å². The Kier molecular flexibility index (Phi) is 13.8. The number of amides is 6. The number of aliphatic carboxylic acids is 1. The molecule has 0 unspecified atom stereocenters. The molecule has 19 nitrogen and oxygen atoms in total. The molecule has 7 heterocycles. The molecule has 7 N–H and O–H groups in total. The van der Waals surface area contributed by atoms with Crippen molar-refractivity contribution in [1.82, 2.24) is 51.6 Å². The summed E-state index contributed by atoms with van der Waals surface area (Å²) in [4.78, 5) is 97.3. The van der Waals surface area contributed by atoms with Gasteiger partial charge in [-0.25, -0.2) is 4.79 Å². The fourth-order valence-corrected chi connectivity index (χ4v) is 9.43. The Bertz CT molecular complexity index is 2300. The van der Waals surface area contributed by atoms with Crippen LogP contribution in [0, 0.1) is 12.8 Å². The Morgan fingerprint density at radius 2 is 1.57 bits per heavy atom. The molecule has 3 aromatic heterocycles. The quantitative estimate of drug-likeness (QED) is 0.148. The van der Waals surface area contributed by atoms with Gasteiger partial charge in [0, 0.05) is 94.5 Å². The normalized spacial score (nSPS) is 18.1. The van der Waals surface area contributed by atoms with Crippen LogP contribution in [-0.4, -0.2) is 141 Å². The second kappa shape index (κ2) is 19.6. The number of quaternary nitrogens is 1. The topological polar surface area (TPSA) is 257 Å². The highest BCUT2D eigenvalue weighted by atomic mass is 16.4. The highest BCUT2D eigenvalue weighted by Gasteiger charge is 2.38. The minimum atomic E-state index is -1.43. The van der Waals surface area contributed by atoms with Gasteiger partial charge >= 0.3 is 6.03 Å². The number of nitrogens with one attached hydrogen (secondary N) is 3. The average Bonchev–Trinajstić information content (AvgIpc) is 3.90. The molecule has 8 rings (SSSR count). The molecule has 0 spiro atoms. The number of carboxylic acids is 1. The first-order valence-corrected chi connectivity index (χ1v) is 21.5. The van der Waals surface area contributed by atoms with Crippen LogP contribution in [0.4, 0.5) is 16.2 Å². The monoisotopic (exact) mass is 864 g/mol. The zero-order valence-electron chi connectivity index (χ0n) is 35.8. The van der Waals surface area contributed by atoms with Gasteiger partial charge in [-0.05, 0) is 86.4 Å². The van der Waals surface area contributed by atoms with E-state index in [1.165, 1.54) is 4.90 Å². The zero-order chi connectivity index (χ0) is 43.3. The Morgan fingerprint density at radius 3 is 2.29 bits per heavy atom. The van der Waals surface area contributed by atoms with Gasteiger partial charge < -0.3 is 51.2 Å². The van der Waals surface area contributed by atoms with Crippen molar-refractivity contribution in [3.63, 3.8) is 0 Å². The van der Waals surface area contributed by atoms with Crippen LogP contribution in [0.1, 0.15) is 55.3 Å². The number of anilines is 2. The highest BCUT2D eigenvalue weighted by molar-refractivity contribution is 6.01. The van der Waals surface area contributed by atoms with Crippen LogP contribution in [0.5, 0.6) is 0 Å². The number of benzene rings is 1. The van der Waals surface area contributed by atoms with Gasteiger partial charge in [-0.1, -0.05) is 6.07 Å². The third-order valence-corrected chi connectivity index (χ3v) is 12.8. The van der Waals surface area contributed by atoms with E-state index in [1.807, 2.05) is 48.2 Å². The predicted molar refractivity (Wildman–Crippen MR) is 231 cm³/mol. The lowest BCUT2D eigenvalue weighted by Crippen LogP contribution is -2.59. The number of aromatic amines is 1. The first kappa shape index (κ1) is 44.4. The standard InChI is InChI=1S/C44H53N11O7.H3N/c1-28-21-30(22-31-27-47-50-41(28)31)24-35(49-44(62)54-15-8-33(9-16-54)55-37-3-2-10-46-34(37)25-39(55)57)42(60)48-36(23-29-6-13-52(14-7-29)38(56)26-40(58)59)43(61)53-19-17-51(18-20-53)32-4-11-45-12-5-32;/h2-5,10-12,21-22,27,29,33,35-36H,6-9,13-20,23-26H2,1H3,(H,47,50)(H,48,60)(H,49,62)(H,58,59);1H3/t35-,36+;/m1./s1. The number of H-pyrrole nitrogens is 1. The van der Waals surface area contributed by atoms with Gasteiger partial charge in [0.15, 0.2) is 0 Å². The number of likely N-dealkylation sites (tertiary alicyclic amines) is 2. The van der Waals surface area contributed by atoms with E-state index in [1.54, 1.807) is 34.6 Å². The average molecular weight is 865 g/mol. The first-order chi connectivity index (χ1) is 30.0. The second-order valence-electron chi connectivity index (χ2n) is 16.8. The number of hydrogen-bond donors (Lipinski definition) is 4. The van der Waals surface area contributed by atoms with E-state index >= 15 is 0 Å². The first-order valence-electron chi connectivity index (χ1n) is 21.5. The summed E-state index contributed by atoms with van der Waals surface area (Å²) in [6, 6.07) is 9.00. The van der Waals surface area contributed by atoms with Crippen molar-refractivity contribution < 1.29 is 33.9 Å². The van der Waals surface area contributed by atoms with Crippen molar-refractivity contribution >= 4 is 57.9 Å². The van der Waals surface area contributed by atoms with Gasteiger partial charge in [0.2, 0.25) is 23.6 Å². The summed E-state index contributed by atoms with van der Waals surface area (Å²) in [5, 5.41) is 25.2. The Labute approximate surface area is 365 Å². The predicted octanol–water partition coefficient (Wildman–Crippen LogP) is 1.31. The molecule has 3 fully saturated rings. The number of fused-ring (bicyclic) bond motifs is 2. The van der Waals surface area contributed by atoms with Crippen LogP contribution >= 0.6 is 0 Å². The van der Waals surface area contributed by atoms with E-state index in [9.17, 15) is 33.9 Å². The number of carbonyl (C=O) groups excluding carboxylic acids is 6. The molecule has 0 bridgehead atoms. The summed E-state index contributed by atoms with van der Waals surface area (Å²) >= 11 is 0. The minimum Gasteiger partial charge on any atom is -0.550 e. The molecule has 19 heteroatoms. The van der Waals surface area contributed by atoms with Crippen molar-refractivity contribution in [3.05, 3.63) is 78.0 Å². The largest absolute Gasteiger partial charge is 0.550 e. The molecule has 63 heavy (non-hydrogen) atoms. The molecule has 0 saturated carbocycles. The van der Waals surface area contributed by atoms with Crippen molar-refractivity contribution in [2.45, 2.75) is 76.4 Å². The summed E-state index contributed by atoms with van der Waals surface area (Å²) in [7, 11) is 0. The van der Waals surface area contributed by atoms with Gasteiger partial charge in [0.05, 0.1) is 41.9 Å². The molecular weight excluding hydrogens is 809 g/mol. The molecule has 3 saturated heterocycles. The third kappa shape index (κ3) is 10.2. The Morgan fingerprint density at radius 1 is 0.857 bits per heavy atom. The lowest BCUT2D eigenvalue weighted by atomic mass is 9.89. The van der Waals surface area contributed by atoms with Crippen LogP contribution in [0.3, 0.4) is 0 Å². The zero-order valence-corrected chi connectivity index (χ0v) is 35.8. The number of aromatic nitrogens is 4. The lowest BCUT2D eigenvalue weighted by molar-refractivity contribution is -0.304. The molecule has 4 aliphatic rings. The maximum Gasteiger partial charge on any atom is 0.318 e. The number of urea groups is 1. The maximum atomic E-state index is 14.7. The number of hydrogen-bond acceptors (Lipinski definition) is 11. The summed E-state index contributed by atoms with van der Waals surface area (Å²) < 4.78 is 0. The summed E-state index contributed by atoms with van der Waals surface area (Å²) in [5.41, 5.74) is 5.19. The van der Waals surface area contributed by atoms with Gasteiger partial charge in [0.1, 0.15) is 12.1 Å². The molecule has 4 aromatic rings. The van der Waals surface area contributed by atoms with Crippen LogP contribution in [0.25, 0.3) is 10.9 Å². The lowest BCUT2D eigenvalue weighted by Gasteiger charge is -2.39. The van der Waals surface area contributed by atoms with Crippen LogP contribution in [-0.2, 0) is 36.8 Å².